The van der Waals surface area contributed by atoms with E-state index in [1.165, 1.54) is 6.08 Å². The van der Waals surface area contributed by atoms with Crippen molar-refractivity contribution in [2.75, 3.05) is 61.9 Å². The fraction of sp³-hybridized carbons (Fsp3) is 0.344. The molecule has 2 aliphatic rings. The predicted octanol–water partition coefficient (Wildman–Crippen LogP) is 4.39. The third-order valence-electron chi connectivity index (χ3n) is 8.34. The zero-order chi connectivity index (χ0) is 29.1. The highest BCUT2D eigenvalue weighted by atomic mass is 16.5. The monoisotopic (exact) mass is 566 g/mol. The molecule has 2 fully saturated rings. The molecule has 0 atom stereocenters. The lowest BCUT2D eigenvalue weighted by atomic mass is 10.0. The standard InChI is InChI=1S/C32H38N8O2/c1-4-32(41)37-26-17-27(30(42-3)19-29(26)40-13-9-22(10-14-40)39-15-11-33-12-16-39)36-31-18-25(34-21-35-31)24-20-38(2)28-8-6-5-7-23(24)28/h4-8,17-22,33H,1,9-16H2,2-3H3,(H,37,41)(H,34,35,36). The van der Waals surface area contributed by atoms with Gasteiger partial charge in [-0.2, -0.15) is 0 Å². The Bertz CT molecular complexity index is 1580. The minimum atomic E-state index is -0.261. The number of amides is 1. The number of carbonyl (C=O) groups is 1. The molecule has 2 aromatic heterocycles. The molecule has 3 N–H and O–H groups in total. The van der Waals surface area contributed by atoms with Gasteiger partial charge in [-0.15, -0.1) is 0 Å². The van der Waals surface area contributed by atoms with E-state index in [0.717, 1.165) is 80.0 Å². The number of hydrogen-bond donors (Lipinski definition) is 3. The first-order chi connectivity index (χ1) is 20.5. The second-order valence-corrected chi connectivity index (χ2v) is 10.9. The van der Waals surface area contributed by atoms with Gasteiger partial charge < -0.3 is 30.2 Å². The van der Waals surface area contributed by atoms with Crippen LogP contribution in [0.1, 0.15) is 12.8 Å². The maximum Gasteiger partial charge on any atom is 0.247 e. The van der Waals surface area contributed by atoms with Crippen molar-refractivity contribution in [2.24, 2.45) is 7.05 Å². The molecule has 4 aromatic rings. The zero-order valence-electron chi connectivity index (χ0n) is 24.3. The molecule has 4 heterocycles. The topological polar surface area (TPSA) is 99.6 Å². The Hall–Kier alpha value is -4.41. The van der Waals surface area contributed by atoms with Crippen molar-refractivity contribution in [1.82, 2.24) is 24.8 Å². The fourth-order valence-electron chi connectivity index (χ4n) is 6.16. The molecule has 0 spiro atoms. The molecular weight excluding hydrogens is 528 g/mol. The number of benzene rings is 2. The maximum absolute atomic E-state index is 12.5. The van der Waals surface area contributed by atoms with E-state index in [2.05, 4.69) is 65.2 Å². The molecular formula is C32H38N8O2. The van der Waals surface area contributed by atoms with Gasteiger partial charge >= 0.3 is 0 Å². The quantitative estimate of drug-likeness (QED) is 0.270. The summed E-state index contributed by atoms with van der Waals surface area (Å²) in [6.07, 6.45) is 7.09. The number of piperazine rings is 1. The van der Waals surface area contributed by atoms with Crippen LogP contribution in [0.3, 0.4) is 0 Å². The molecule has 218 valence electrons. The summed E-state index contributed by atoms with van der Waals surface area (Å²) in [7, 11) is 3.69. The van der Waals surface area contributed by atoms with Crippen molar-refractivity contribution in [3.8, 4) is 17.0 Å². The van der Waals surface area contributed by atoms with Crippen molar-refractivity contribution in [2.45, 2.75) is 18.9 Å². The summed E-state index contributed by atoms with van der Waals surface area (Å²) in [5.74, 6) is 1.02. The number of carbonyl (C=O) groups excluding carboxylic acids is 1. The Morgan fingerprint density at radius 3 is 2.62 bits per heavy atom. The molecule has 10 heteroatoms. The Morgan fingerprint density at radius 1 is 1.07 bits per heavy atom. The number of aryl methyl sites for hydroxylation is 1. The van der Waals surface area contributed by atoms with Gasteiger partial charge in [0.1, 0.15) is 17.9 Å². The van der Waals surface area contributed by atoms with Gasteiger partial charge in [-0.3, -0.25) is 9.69 Å². The Kier molecular flexibility index (Phi) is 8.07. The number of para-hydroxylation sites is 1. The number of nitrogens with one attached hydrogen (secondary N) is 3. The summed E-state index contributed by atoms with van der Waals surface area (Å²) < 4.78 is 7.94. The number of hydrogen-bond acceptors (Lipinski definition) is 8. The minimum absolute atomic E-state index is 0.261. The molecule has 10 nitrogen and oxygen atoms in total. The maximum atomic E-state index is 12.5. The number of rotatable bonds is 8. The van der Waals surface area contributed by atoms with Gasteiger partial charge in [0.05, 0.1) is 29.9 Å². The fourth-order valence-corrected chi connectivity index (χ4v) is 6.16. The predicted molar refractivity (Wildman–Crippen MR) is 169 cm³/mol. The van der Waals surface area contributed by atoms with Crippen LogP contribution >= 0.6 is 0 Å². The van der Waals surface area contributed by atoms with Crippen molar-refractivity contribution in [1.29, 1.82) is 0 Å². The Balaban J connectivity index is 1.28. The van der Waals surface area contributed by atoms with E-state index in [4.69, 9.17) is 4.74 Å². The molecule has 0 unspecified atom stereocenters. The van der Waals surface area contributed by atoms with Gasteiger partial charge in [0.15, 0.2) is 0 Å². The second-order valence-electron chi connectivity index (χ2n) is 10.9. The first-order valence-corrected chi connectivity index (χ1v) is 14.5. The average molecular weight is 567 g/mol. The highest BCUT2D eigenvalue weighted by Gasteiger charge is 2.27. The number of fused-ring (bicyclic) bond motifs is 1. The van der Waals surface area contributed by atoms with Crippen LogP contribution in [-0.2, 0) is 11.8 Å². The smallest absolute Gasteiger partial charge is 0.247 e. The van der Waals surface area contributed by atoms with E-state index in [1.54, 1.807) is 13.4 Å². The largest absolute Gasteiger partial charge is 0.494 e. The first kappa shape index (κ1) is 27.7. The molecule has 0 bridgehead atoms. The van der Waals surface area contributed by atoms with E-state index in [9.17, 15) is 4.79 Å². The molecule has 1 amide bonds. The number of anilines is 4. The van der Waals surface area contributed by atoms with Crippen LogP contribution < -0.4 is 25.6 Å². The van der Waals surface area contributed by atoms with Crippen LogP contribution in [0.4, 0.5) is 22.9 Å². The number of methoxy groups -OCH3 is 1. The van der Waals surface area contributed by atoms with E-state index in [1.807, 2.05) is 37.4 Å². The van der Waals surface area contributed by atoms with Crippen molar-refractivity contribution in [3.05, 3.63) is 67.6 Å². The van der Waals surface area contributed by atoms with Gasteiger partial charge in [0.25, 0.3) is 0 Å². The molecule has 0 radical (unpaired) electrons. The number of aromatic nitrogens is 3. The van der Waals surface area contributed by atoms with Crippen LogP contribution in [0.25, 0.3) is 22.2 Å². The normalized spacial score (nSPS) is 16.4. The molecule has 2 aliphatic heterocycles. The summed E-state index contributed by atoms with van der Waals surface area (Å²) in [6, 6.07) is 14.7. The average Bonchev–Trinajstić information content (AvgIpc) is 3.38. The highest BCUT2D eigenvalue weighted by Crippen LogP contribution is 2.40. The molecule has 2 saturated heterocycles. The van der Waals surface area contributed by atoms with Gasteiger partial charge in [-0.05, 0) is 31.1 Å². The lowest BCUT2D eigenvalue weighted by molar-refractivity contribution is -0.111. The third kappa shape index (κ3) is 5.68. The second kappa shape index (κ2) is 12.2. The molecule has 0 aliphatic carbocycles. The van der Waals surface area contributed by atoms with E-state index >= 15 is 0 Å². The molecule has 0 saturated carbocycles. The summed E-state index contributed by atoms with van der Waals surface area (Å²) in [5.41, 5.74) is 5.31. The lowest BCUT2D eigenvalue weighted by Crippen LogP contribution is -2.52. The van der Waals surface area contributed by atoms with Crippen molar-refractivity contribution in [3.63, 3.8) is 0 Å². The van der Waals surface area contributed by atoms with Crippen LogP contribution in [0.2, 0.25) is 0 Å². The van der Waals surface area contributed by atoms with Crippen molar-refractivity contribution < 1.29 is 9.53 Å². The zero-order valence-corrected chi connectivity index (χ0v) is 24.3. The van der Waals surface area contributed by atoms with Crippen LogP contribution in [-0.4, -0.2) is 77.8 Å². The number of ether oxygens (including phenoxy) is 1. The SMILES string of the molecule is C=CC(=O)Nc1cc(Nc2cc(-c3cn(C)c4ccccc34)ncn2)c(OC)cc1N1CCC(N2CCNCC2)CC1. The summed E-state index contributed by atoms with van der Waals surface area (Å²) >= 11 is 0. The van der Waals surface area contributed by atoms with Gasteiger partial charge in [0.2, 0.25) is 5.91 Å². The molecule has 6 rings (SSSR count). The van der Waals surface area contributed by atoms with Crippen LogP contribution in [0.5, 0.6) is 5.75 Å². The van der Waals surface area contributed by atoms with Crippen LogP contribution in [0.15, 0.2) is 67.6 Å². The van der Waals surface area contributed by atoms with Gasteiger partial charge in [-0.25, -0.2) is 9.97 Å². The van der Waals surface area contributed by atoms with E-state index in [0.29, 0.717) is 29.0 Å². The Morgan fingerprint density at radius 2 is 1.86 bits per heavy atom. The summed E-state index contributed by atoms with van der Waals surface area (Å²) in [6.45, 7) is 9.77. The summed E-state index contributed by atoms with van der Waals surface area (Å²) in [5, 5.41) is 11.0. The third-order valence-corrected chi connectivity index (χ3v) is 8.34. The first-order valence-electron chi connectivity index (χ1n) is 14.5. The minimum Gasteiger partial charge on any atom is -0.494 e. The van der Waals surface area contributed by atoms with Gasteiger partial charge in [0, 0.05) is 87.2 Å². The molecule has 2 aromatic carbocycles. The van der Waals surface area contributed by atoms with E-state index in [-0.39, 0.29) is 5.91 Å². The van der Waals surface area contributed by atoms with E-state index < -0.39 is 0 Å². The van der Waals surface area contributed by atoms with Gasteiger partial charge in [-0.1, -0.05) is 24.8 Å². The number of nitrogens with zero attached hydrogens (tertiary/aromatic N) is 5. The summed E-state index contributed by atoms with van der Waals surface area (Å²) in [4.78, 5) is 26.5. The lowest BCUT2D eigenvalue weighted by Gasteiger charge is -2.41. The van der Waals surface area contributed by atoms with Crippen molar-refractivity contribution >= 4 is 39.7 Å². The molecule has 42 heavy (non-hydrogen) atoms. The van der Waals surface area contributed by atoms with Crippen LogP contribution in [0, 0.1) is 0 Å². The Labute approximate surface area is 246 Å². The number of piperidine rings is 1. The highest BCUT2D eigenvalue weighted by molar-refractivity contribution is 6.02.